The van der Waals surface area contributed by atoms with E-state index in [2.05, 4.69) is 10.3 Å². The van der Waals surface area contributed by atoms with E-state index >= 15 is 0 Å². The highest BCUT2D eigenvalue weighted by Gasteiger charge is 2.19. The Morgan fingerprint density at radius 2 is 2.53 bits per heavy atom. The van der Waals surface area contributed by atoms with Gasteiger partial charge in [-0.2, -0.15) is 4.39 Å². The van der Waals surface area contributed by atoms with Gasteiger partial charge in [-0.3, -0.25) is 0 Å². The van der Waals surface area contributed by atoms with E-state index in [1.165, 1.54) is 6.07 Å². The van der Waals surface area contributed by atoms with Crippen LogP contribution in [0.4, 0.5) is 4.39 Å². The molecule has 0 amide bonds. The Hall–Kier alpha value is -1.36. The zero-order valence-electron chi connectivity index (χ0n) is 8.46. The van der Waals surface area contributed by atoms with Gasteiger partial charge in [0.1, 0.15) is 11.9 Å². The predicted molar refractivity (Wildman–Crippen MR) is 52.3 cm³/mol. The highest BCUT2D eigenvalue weighted by atomic mass is 19.1. The van der Waals surface area contributed by atoms with Crippen LogP contribution in [0.15, 0.2) is 6.07 Å². The van der Waals surface area contributed by atoms with Gasteiger partial charge in [-0.05, 0) is 6.42 Å². The SMILES string of the molecule is CC[C@@H]1CNCc2nc(F)c(O)cc2O1. The molecule has 0 saturated carbocycles. The zero-order chi connectivity index (χ0) is 10.8. The van der Waals surface area contributed by atoms with Crippen LogP contribution in [-0.4, -0.2) is 22.7 Å². The second-order valence-corrected chi connectivity index (χ2v) is 3.52. The number of nitrogens with one attached hydrogen (secondary N) is 1. The lowest BCUT2D eigenvalue weighted by molar-refractivity contribution is 0.200. The van der Waals surface area contributed by atoms with Crippen molar-refractivity contribution in [3.8, 4) is 11.5 Å². The average Bonchev–Trinajstić information content (AvgIpc) is 2.41. The maximum atomic E-state index is 13.0. The lowest BCUT2D eigenvalue weighted by Crippen LogP contribution is -2.27. The summed E-state index contributed by atoms with van der Waals surface area (Å²) in [6.45, 7) is 3.17. The number of fused-ring (bicyclic) bond motifs is 1. The fourth-order valence-electron chi connectivity index (χ4n) is 1.53. The van der Waals surface area contributed by atoms with Gasteiger partial charge in [0.15, 0.2) is 5.75 Å². The monoisotopic (exact) mass is 212 g/mol. The number of ether oxygens (including phenoxy) is 1. The minimum absolute atomic E-state index is 0.0397. The van der Waals surface area contributed by atoms with Gasteiger partial charge >= 0.3 is 0 Å². The van der Waals surface area contributed by atoms with Crippen LogP contribution in [0, 0.1) is 5.95 Å². The van der Waals surface area contributed by atoms with Crippen LogP contribution >= 0.6 is 0 Å². The normalized spacial score (nSPS) is 20.3. The summed E-state index contributed by atoms with van der Waals surface area (Å²) >= 11 is 0. The van der Waals surface area contributed by atoms with Crippen molar-refractivity contribution in [2.75, 3.05) is 6.54 Å². The molecule has 5 heteroatoms. The summed E-state index contributed by atoms with van der Waals surface area (Å²) in [4.78, 5) is 3.64. The second kappa shape index (κ2) is 4.02. The molecule has 1 aromatic heterocycles. The van der Waals surface area contributed by atoms with Gasteiger partial charge in [0.05, 0.1) is 5.69 Å². The first-order valence-corrected chi connectivity index (χ1v) is 4.96. The van der Waals surface area contributed by atoms with Crippen LogP contribution in [0.2, 0.25) is 0 Å². The number of hydrogen-bond donors (Lipinski definition) is 2. The maximum Gasteiger partial charge on any atom is 0.255 e. The first-order chi connectivity index (χ1) is 7.20. The summed E-state index contributed by atoms with van der Waals surface area (Å²) in [5.74, 6) is -0.856. The van der Waals surface area contributed by atoms with Crippen molar-refractivity contribution in [3.63, 3.8) is 0 Å². The van der Waals surface area contributed by atoms with E-state index in [0.717, 1.165) is 6.42 Å². The van der Waals surface area contributed by atoms with Crippen LogP contribution in [-0.2, 0) is 6.54 Å². The Balaban J connectivity index is 2.34. The van der Waals surface area contributed by atoms with Crippen molar-refractivity contribution in [3.05, 3.63) is 17.7 Å². The van der Waals surface area contributed by atoms with Crippen LogP contribution in [0.25, 0.3) is 0 Å². The third kappa shape index (κ3) is 2.02. The van der Waals surface area contributed by atoms with Gasteiger partial charge in [-0.25, -0.2) is 4.98 Å². The average molecular weight is 212 g/mol. The lowest BCUT2D eigenvalue weighted by Gasteiger charge is -2.14. The topological polar surface area (TPSA) is 54.4 Å². The predicted octanol–water partition coefficient (Wildman–Crippen LogP) is 1.19. The molecule has 0 saturated heterocycles. The summed E-state index contributed by atoms with van der Waals surface area (Å²) in [6, 6.07) is 1.29. The molecule has 0 aliphatic carbocycles. The molecule has 2 heterocycles. The first-order valence-electron chi connectivity index (χ1n) is 4.96. The number of hydrogen-bond acceptors (Lipinski definition) is 4. The number of pyridine rings is 1. The molecule has 82 valence electrons. The first kappa shape index (κ1) is 10.2. The molecule has 0 radical (unpaired) electrons. The van der Waals surface area contributed by atoms with Crippen molar-refractivity contribution < 1.29 is 14.2 Å². The second-order valence-electron chi connectivity index (χ2n) is 3.52. The molecule has 0 fully saturated rings. The Morgan fingerprint density at radius 1 is 1.73 bits per heavy atom. The number of nitrogens with zero attached hydrogens (tertiary/aromatic N) is 1. The molecular formula is C10H13FN2O2. The van der Waals surface area contributed by atoms with Crippen LogP contribution in [0.1, 0.15) is 19.0 Å². The van der Waals surface area contributed by atoms with Crippen LogP contribution in [0.3, 0.4) is 0 Å². The van der Waals surface area contributed by atoms with Gasteiger partial charge < -0.3 is 15.2 Å². The smallest absolute Gasteiger partial charge is 0.255 e. The van der Waals surface area contributed by atoms with E-state index in [9.17, 15) is 9.50 Å². The van der Waals surface area contributed by atoms with E-state index < -0.39 is 11.7 Å². The zero-order valence-corrected chi connectivity index (χ0v) is 8.46. The molecule has 0 aromatic carbocycles. The summed E-state index contributed by atoms with van der Waals surface area (Å²) in [5, 5.41) is 12.3. The number of halogens is 1. The molecule has 1 aliphatic heterocycles. The van der Waals surface area contributed by atoms with E-state index in [0.29, 0.717) is 24.5 Å². The lowest BCUT2D eigenvalue weighted by atomic mass is 10.3. The molecule has 0 spiro atoms. The van der Waals surface area contributed by atoms with E-state index in [4.69, 9.17) is 4.74 Å². The minimum atomic E-state index is -0.853. The molecule has 1 atom stereocenters. The Labute approximate surface area is 87.1 Å². The Bertz CT molecular complexity index is 371. The number of rotatable bonds is 1. The van der Waals surface area contributed by atoms with Crippen LogP contribution < -0.4 is 10.1 Å². The van der Waals surface area contributed by atoms with E-state index in [1.54, 1.807) is 0 Å². The molecule has 0 bridgehead atoms. The quantitative estimate of drug-likeness (QED) is 0.686. The van der Waals surface area contributed by atoms with Gasteiger partial charge in [0.25, 0.3) is 5.95 Å². The largest absolute Gasteiger partial charge is 0.504 e. The fraction of sp³-hybridized carbons (Fsp3) is 0.500. The Kier molecular flexibility index (Phi) is 2.73. The summed E-state index contributed by atoms with van der Waals surface area (Å²) in [6.07, 6.45) is 0.891. The summed E-state index contributed by atoms with van der Waals surface area (Å²) in [7, 11) is 0. The Morgan fingerprint density at radius 3 is 3.27 bits per heavy atom. The van der Waals surface area contributed by atoms with Crippen molar-refractivity contribution in [1.82, 2.24) is 10.3 Å². The molecular weight excluding hydrogens is 199 g/mol. The number of aromatic nitrogens is 1. The van der Waals surface area contributed by atoms with E-state index in [-0.39, 0.29) is 6.10 Å². The van der Waals surface area contributed by atoms with Crippen LogP contribution in [0.5, 0.6) is 11.5 Å². The minimum Gasteiger partial charge on any atom is -0.504 e. The highest BCUT2D eigenvalue weighted by Crippen LogP contribution is 2.27. The van der Waals surface area contributed by atoms with Gasteiger partial charge in [-0.1, -0.05) is 6.92 Å². The van der Waals surface area contributed by atoms with Crippen molar-refractivity contribution in [2.45, 2.75) is 26.0 Å². The molecule has 4 nitrogen and oxygen atoms in total. The fourth-order valence-corrected chi connectivity index (χ4v) is 1.53. The molecule has 1 aliphatic rings. The third-order valence-electron chi connectivity index (χ3n) is 2.41. The standard InChI is InChI=1S/C10H13FN2O2/c1-2-6-4-12-5-7-9(15-6)3-8(14)10(11)13-7/h3,6,12,14H,2,4-5H2,1H3/t6-/m1/s1. The molecule has 2 N–H and O–H groups in total. The molecule has 15 heavy (non-hydrogen) atoms. The molecule has 2 rings (SSSR count). The molecule has 1 aromatic rings. The van der Waals surface area contributed by atoms with Crippen molar-refractivity contribution in [2.24, 2.45) is 0 Å². The van der Waals surface area contributed by atoms with Gasteiger partial charge in [-0.15, -0.1) is 0 Å². The van der Waals surface area contributed by atoms with Crippen molar-refractivity contribution in [1.29, 1.82) is 0 Å². The molecule has 0 unspecified atom stereocenters. The number of aromatic hydroxyl groups is 1. The van der Waals surface area contributed by atoms with Gasteiger partial charge in [0, 0.05) is 19.2 Å². The van der Waals surface area contributed by atoms with Crippen molar-refractivity contribution >= 4 is 0 Å². The van der Waals surface area contributed by atoms with E-state index in [1.807, 2.05) is 6.92 Å². The summed E-state index contributed by atoms with van der Waals surface area (Å²) < 4.78 is 18.6. The summed E-state index contributed by atoms with van der Waals surface area (Å²) in [5.41, 5.74) is 0.501. The maximum absolute atomic E-state index is 13.0. The highest BCUT2D eigenvalue weighted by molar-refractivity contribution is 5.35. The third-order valence-corrected chi connectivity index (χ3v) is 2.41. The van der Waals surface area contributed by atoms with Gasteiger partial charge in [0.2, 0.25) is 0 Å².